The van der Waals surface area contributed by atoms with E-state index in [9.17, 15) is 0 Å². The average Bonchev–Trinajstić information content (AvgIpc) is 2.82. The van der Waals surface area contributed by atoms with Crippen LogP contribution in [0, 0.1) is 6.92 Å². The van der Waals surface area contributed by atoms with E-state index in [2.05, 4.69) is 11.7 Å². The molecule has 0 atom stereocenters. The van der Waals surface area contributed by atoms with Gasteiger partial charge in [-0.05, 0) is 32.9 Å². The van der Waals surface area contributed by atoms with Crippen LogP contribution in [0.1, 0.15) is 25.3 Å². The Morgan fingerprint density at radius 1 is 1.30 bits per heavy atom. The van der Waals surface area contributed by atoms with Crippen molar-refractivity contribution in [3.63, 3.8) is 0 Å². The van der Waals surface area contributed by atoms with Crippen LogP contribution in [0.4, 0.5) is 0 Å². The van der Waals surface area contributed by atoms with Crippen molar-refractivity contribution >= 4 is 0 Å². The lowest BCUT2D eigenvalue weighted by atomic mass is 10.3. The zero-order valence-electron chi connectivity index (χ0n) is 12.5. The zero-order chi connectivity index (χ0) is 14.8. The molecule has 0 spiro atoms. The number of aromatic nitrogens is 1. The molecule has 0 bridgehead atoms. The predicted molar refractivity (Wildman–Crippen MR) is 79.4 cm³/mol. The summed E-state index contributed by atoms with van der Waals surface area (Å²) in [5.74, 6) is 1.57. The highest BCUT2D eigenvalue weighted by Crippen LogP contribution is 2.03. The third-order valence-electron chi connectivity index (χ3n) is 2.46. The molecule has 0 saturated heterocycles. The molecule has 0 aliphatic carbocycles. The van der Waals surface area contributed by atoms with Crippen LogP contribution in [0.2, 0.25) is 0 Å². The topological polar surface area (TPSA) is 44.5 Å². The SMILES string of the molecule is C=C/C(=C\C=C(C)C)OCCOCCc1cc(C)on1. The molecule has 4 heteroatoms. The van der Waals surface area contributed by atoms with Crippen molar-refractivity contribution in [3.8, 4) is 0 Å². The number of rotatable bonds is 9. The molecule has 0 aromatic carbocycles. The normalized spacial score (nSPS) is 11.2. The van der Waals surface area contributed by atoms with E-state index in [0.717, 1.165) is 23.6 Å². The van der Waals surface area contributed by atoms with Crippen molar-refractivity contribution in [3.05, 3.63) is 53.7 Å². The van der Waals surface area contributed by atoms with Gasteiger partial charge in [0.1, 0.15) is 18.1 Å². The number of hydrogen-bond donors (Lipinski definition) is 0. The van der Waals surface area contributed by atoms with Crippen molar-refractivity contribution in [1.29, 1.82) is 0 Å². The summed E-state index contributed by atoms with van der Waals surface area (Å²) in [7, 11) is 0. The number of allylic oxidation sites excluding steroid dienone is 4. The summed E-state index contributed by atoms with van der Waals surface area (Å²) in [5, 5.41) is 3.90. The second-order valence-corrected chi connectivity index (χ2v) is 4.66. The van der Waals surface area contributed by atoms with Crippen molar-refractivity contribution in [2.75, 3.05) is 19.8 Å². The molecule has 4 nitrogen and oxygen atoms in total. The van der Waals surface area contributed by atoms with Gasteiger partial charge in [-0.25, -0.2) is 0 Å². The van der Waals surface area contributed by atoms with Crippen LogP contribution >= 0.6 is 0 Å². The summed E-state index contributed by atoms with van der Waals surface area (Å²) in [5.41, 5.74) is 2.13. The minimum absolute atomic E-state index is 0.506. The number of nitrogens with zero attached hydrogens (tertiary/aromatic N) is 1. The summed E-state index contributed by atoms with van der Waals surface area (Å²) >= 11 is 0. The second kappa shape index (κ2) is 9.15. The third-order valence-corrected chi connectivity index (χ3v) is 2.46. The highest BCUT2D eigenvalue weighted by atomic mass is 16.5. The van der Waals surface area contributed by atoms with Gasteiger partial charge in [-0.1, -0.05) is 23.4 Å². The molecule has 0 aliphatic heterocycles. The van der Waals surface area contributed by atoms with E-state index in [1.807, 2.05) is 39.0 Å². The first-order valence-electron chi connectivity index (χ1n) is 6.72. The smallest absolute Gasteiger partial charge is 0.133 e. The fourth-order valence-electron chi connectivity index (χ4n) is 1.46. The quantitative estimate of drug-likeness (QED) is 0.393. The second-order valence-electron chi connectivity index (χ2n) is 4.66. The van der Waals surface area contributed by atoms with Gasteiger partial charge < -0.3 is 14.0 Å². The van der Waals surface area contributed by atoms with Gasteiger partial charge in [0, 0.05) is 12.5 Å². The largest absolute Gasteiger partial charge is 0.491 e. The Labute approximate surface area is 120 Å². The monoisotopic (exact) mass is 277 g/mol. The molecule has 1 aromatic heterocycles. The maximum atomic E-state index is 5.54. The molecular formula is C16H23NO3. The molecule has 20 heavy (non-hydrogen) atoms. The molecule has 0 fully saturated rings. The van der Waals surface area contributed by atoms with Crippen molar-refractivity contribution < 1.29 is 14.0 Å². The minimum Gasteiger partial charge on any atom is -0.491 e. The number of ether oxygens (including phenoxy) is 2. The van der Waals surface area contributed by atoms with Crippen molar-refractivity contribution in [1.82, 2.24) is 5.16 Å². The van der Waals surface area contributed by atoms with Crippen molar-refractivity contribution in [2.24, 2.45) is 0 Å². The van der Waals surface area contributed by atoms with Gasteiger partial charge in [-0.3, -0.25) is 0 Å². The van der Waals surface area contributed by atoms with E-state index in [0.29, 0.717) is 19.8 Å². The van der Waals surface area contributed by atoms with Gasteiger partial charge >= 0.3 is 0 Å². The maximum Gasteiger partial charge on any atom is 0.133 e. The highest BCUT2D eigenvalue weighted by molar-refractivity contribution is 5.18. The van der Waals surface area contributed by atoms with Crippen LogP contribution in [-0.2, 0) is 15.9 Å². The molecule has 110 valence electrons. The fourth-order valence-corrected chi connectivity index (χ4v) is 1.46. The first-order valence-corrected chi connectivity index (χ1v) is 6.72. The van der Waals surface area contributed by atoms with Crippen LogP contribution in [0.25, 0.3) is 0 Å². The highest BCUT2D eigenvalue weighted by Gasteiger charge is 2.00. The van der Waals surface area contributed by atoms with Gasteiger partial charge in [0.05, 0.1) is 18.9 Å². The van der Waals surface area contributed by atoms with Gasteiger partial charge in [0.2, 0.25) is 0 Å². The first-order chi connectivity index (χ1) is 9.61. The molecule has 0 aliphatic rings. The Kier molecular flexibility index (Phi) is 7.43. The number of aryl methyl sites for hydroxylation is 1. The standard InChI is InChI=1S/C16H23NO3/c1-5-16(7-6-13(2)3)19-11-10-18-9-8-15-12-14(4)20-17-15/h5-7,12H,1,8-11H2,2-4H3/b16-7+. The van der Waals surface area contributed by atoms with Crippen LogP contribution in [0.5, 0.6) is 0 Å². The van der Waals surface area contributed by atoms with E-state index in [1.54, 1.807) is 6.08 Å². The molecule has 0 saturated carbocycles. The van der Waals surface area contributed by atoms with Crippen LogP contribution in [0.15, 0.2) is 46.7 Å². The molecule has 1 aromatic rings. The molecule has 0 radical (unpaired) electrons. The summed E-state index contributed by atoms with van der Waals surface area (Å²) in [6, 6.07) is 1.91. The average molecular weight is 277 g/mol. The van der Waals surface area contributed by atoms with Gasteiger partial charge in [0.25, 0.3) is 0 Å². The Hall–Kier alpha value is -1.81. The van der Waals surface area contributed by atoms with E-state index < -0.39 is 0 Å². The Balaban J connectivity index is 2.13. The fraction of sp³-hybridized carbons (Fsp3) is 0.438. The lowest BCUT2D eigenvalue weighted by molar-refractivity contribution is 0.0800. The Bertz CT molecular complexity index is 468. The molecule has 0 amide bonds. The van der Waals surface area contributed by atoms with E-state index >= 15 is 0 Å². The van der Waals surface area contributed by atoms with Gasteiger partial charge in [0.15, 0.2) is 0 Å². The maximum absolute atomic E-state index is 5.54. The molecule has 1 rings (SSSR count). The van der Waals surface area contributed by atoms with Crippen LogP contribution in [0.3, 0.4) is 0 Å². The van der Waals surface area contributed by atoms with E-state index in [1.165, 1.54) is 5.57 Å². The summed E-state index contributed by atoms with van der Waals surface area (Å²) < 4.78 is 16.0. The predicted octanol–water partition coefficient (Wildman–Crippen LogP) is 3.59. The minimum atomic E-state index is 0.506. The van der Waals surface area contributed by atoms with Crippen LogP contribution in [-0.4, -0.2) is 25.0 Å². The van der Waals surface area contributed by atoms with Gasteiger partial charge in [-0.2, -0.15) is 0 Å². The molecular weight excluding hydrogens is 254 g/mol. The summed E-state index contributed by atoms with van der Waals surface area (Å²) in [6.45, 7) is 11.3. The molecule has 0 unspecified atom stereocenters. The Morgan fingerprint density at radius 2 is 2.10 bits per heavy atom. The summed E-state index contributed by atoms with van der Waals surface area (Å²) in [4.78, 5) is 0. The van der Waals surface area contributed by atoms with E-state index in [4.69, 9.17) is 14.0 Å². The third kappa shape index (κ3) is 6.95. The summed E-state index contributed by atoms with van der Waals surface area (Å²) in [6.07, 6.45) is 6.34. The lowest BCUT2D eigenvalue weighted by Gasteiger charge is -2.06. The molecule has 1 heterocycles. The van der Waals surface area contributed by atoms with E-state index in [-0.39, 0.29) is 0 Å². The van der Waals surface area contributed by atoms with Gasteiger partial charge in [-0.15, -0.1) is 0 Å². The first kappa shape index (κ1) is 16.2. The van der Waals surface area contributed by atoms with Crippen molar-refractivity contribution in [2.45, 2.75) is 27.2 Å². The number of hydrogen-bond acceptors (Lipinski definition) is 4. The Morgan fingerprint density at radius 3 is 2.70 bits per heavy atom. The lowest BCUT2D eigenvalue weighted by Crippen LogP contribution is -2.06. The van der Waals surface area contributed by atoms with Crippen LogP contribution < -0.4 is 0 Å². The zero-order valence-corrected chi connectivity index (χ0v) is 12.5. The molecule has 0 N–H and O–H groups in total.